The van der Waals surface area contributed by atoms with Crippen molar-refractivity contribution in [2.24, 2.45) is 5.92 Å². The summed E-state index contributed by atoms with van der Waals surface area (Å²) in [6.45, 7) is 8.02. The second-order valence-electron chi connectivity index (χ2n) is 6.26. The molecule has 2 atom stereocenters. The number of carbonyl (C=O) groups excluding carboxylic acids is 1. The van der Waals surface area contributed by atoms with Gasteiger partial charge < -0.3 is 9.47 Å². The van der Waals surface area contributed by atoms with Gasteiger partial charge in [0.15, 0.2) is 0 Å². The van der Waals surface area contributed by atoms with E-state index in [0.717, 1.165) is 5.56 Å². The maximum Gasteiger partial charge on any atom is 0.309 e. The number of benzene rings is 1. The van der Waals surface area contributed by atoms with E-state index in [1.807, 2.05) is 20.8 Å². The van der Waals surface area contributed by atoms with Crippen LogP contribution in [0.15, 0.2) is 29.2 Å². The third-order valence-electron chi connectivity index (χ3n) is 4.08. The van der Waals surface area contributed by atoms with Crippen molar-refractivity contribution in [1.82, 2.24) is 4.31 Å². The van der Waals surface area contributed by atoms with Gasteiger partial charge in [0.1, 0.15) is 6.23 Å². The van der Waals surface area contributed by atoms with Gasteiger partial charge in [-0.2, -0.15) is 4.31 Å². The molecule has 0 aromatic heterocycles. The predicted molar refractivity (Wildman–Crippen MR) is 89.8 cm³/mol. The Morgan fingerprint density at radius 1 is 1.33 bits per heavy atom. The Morgan fingerprint density at radius 2 is 1.96 bits per heavy atom. The fourth-order valence-corrected chi connectivity index (χ4v) is 4.56. The third-order valence-corrected chi connectivity index (χ3v) is 6.01. The second-order valence-corrected chi connectivity index (χ2v) is 8.10. The summed E-state index contributed by atoms with van der Waals surface area (Å²) < 4.78 is 38.1. The number of rotatable bonds is 6. The molecule has 1 heterocycles. The first kappa shape index (κ1) is 18.9. The molecular weight excluding hydrogens is 330 g/mol. The quantitative estimate of drug-likeness (QED) is 0.732. The number of aryl methyl sites for hydroxylation is 1. The molecule has 1 aromatic carbocycles. The van der Waals surface area contributed by atoms with Gasteiger partial charge in [0, 0.05) is 0 Å². The number of nitrogens with zero attached hydrogens (tertiary/aromatic N) is 1. The lowest BCUT2D eigenvalue weighted by Crippen LogP contribution is -2.45. The molecule has 1 fully saturated rings. The van der Waals surface area contributed by atoms with E-state index in [4.69, 9.17) is 9.47 Å². The summed E-state index contributed by atoms with van der Waals surface area (Å²) in [7, 11) is -3.76. The first-order chi connectivity index (χ1) is 11.3. The zero-order chi connectivity index (χ0) is 17.9. The molecule has 0 saturated carbocycles. The van der Waals surface area contributed by atoms with Gasteiger partial charge in [-0.25, -0.2) is 8.42 Å². The summed E-state index contributed by atoms with van der Waals surface area (Å²) in [4.78, 5) is 12.0. The summed E-state index contributed by atoms with van der Waals surface area (Å²) in [6.07, 6.45) is -0.940. The minimum absolute atomic E-state index is 0.0671. The Bertz CT molecular complexity index is 669. The Kier molecular flexibility index (Phi) is 6.01. The molecule has 6 nitrogen and oxygen atoms in total. The molecule has 1 aliphatic rings. The number of hydrogen-bond acceptors (Lipinski definition) is 5. The third kappa shape index (κ3) is 3.96. The average Bonchev–Trinajstić information content (AvgIpc) is 2.92. The molecule has 1 saturated heterocycles. The zero-order valence-corrected chi connectivity index (χ0v) is 15.4. The molecule has 0 unspecified atom stereocenters. The van der Waals surface area contributed by atoms with Crippen LogP contribution >= 0.6 is 0 Å². The van der Waals surface area contributed by atoms with Crippen LogP contribution in [-0.2, 0) is 24.3 Å². The van der Waals surface area contributed by atoms with E-state index in [2.05, 4.69) is 0 Å². The minimum atomic E-state index is -3.76. The number of carbonyl (C=O) groups is 1. The highest BCUT2D eigenvalue weighted by Gasteiger charge is 2.45. The molecule has 1 aliphatic heterocycles. The zero-order valence-electron chi connectivity index (χ0n) is 14.6. The lowest BCUT2D eigenvalue weighted by Gasteiger charge is -2.29. The molecule has 0 N–H and O–H groups in total. The van der Waals surface area contributed by atoms with E-state index in [1.54, 1.807) is 31.2 Å². The molecule has 0 bridgehead atoms. The van der Waals surface area contributed by atoms with Crippen LogP contribution in [0.25, 0.3) is 0 Å². The molecule has 2 rings (SSSR count). The predicted octanol–water partition coefficient (Wildman–Crippen LogP) is 2.32. The van der Waals surface area contributed by atoms with Crippen molar-refractivity contribution in [3.05, 3.63) is 29.8 Å². The van der Waals surface area contributed by atoms with Crippen molar-refractivity contribution < 1.29 is 22.7 Å². The average molecular weight is 355 g/mol. The largest absolute Gasteiger partial charge is 0.466 e. The normalized spacial score (nSPS) is 22.0. The van der Waals surface area contributed by atoms with Crippen molar-refractivity contribution in [1.29, 1.82) is 0 Å². The topological polar surface area (TPSA) is 72.9 Å². The molecule has 134 valence electrons. The SMILES string of the molecule is CCOC(=O)C[C@@H]1OC[C@H](C(C)C)N1S(=O)(=O)c1ccc(C)cc1. The smallest absolute Gasteiger partial charge is 0.309 e. The van der Waals surface area contributed by atoms with Crippen LogP contribution < -0.4 is 0 Å². The lowest BCUT2D eigenvalue weighted by molar-refractivity contribution is -0.146. The molecule has 0 spiro atoms. The first-order valence-electron chi connectivity index (χ1n) is 8.14. The fourth-order valence-electron chi connectivity index (χ4n) is 2.73. The van der Waals surface area contributed by atoms with E-state index in [9.17, 15) is 13.2 Å². The van der Waals surface area contributed by atoms with E-state index in [0.29, 0.717) is 0 Å². The standard InChI is InChI=1S/C17H25NO5S/c1-5-22-17(19)10-16-18(15(11-23-16)12(2)3)24(20,21)14-8-6-13(4)7-9-14/h6-9,12,15-16H,5,10-11H2,1-4H3/t15-,16+/m1/s1. The molecule has 1 aromatic rings. The van der Waals surface area contributed by atoms with Crippen molar-refractivity contribution in [2.45, 2.75) is 51.3 Å². The molecule has 0 aliphatic carbocycles. The molecule has 24 heavy (non-hydrogen) atoms. The fraction of sp³-hybridized carbons (Fsp3) is 0.588. The van der Waals surface area contributed by atoms with Crippen LogP contribution in [0.2, 0.25) is 0 Å². The van der Waals surface area contributed by atoms with Crippen LogP contribution in [0, 0.1) is 12.8 Å². The van der Waals surface area contributed by atoms with Crippen LogP contribution in [0.3, 0.4) is 0 Å². The summed E-state index contributed by atoms with van der Waals surface area (Å²) in [5, 5.41) is 0. The highest BCUT2D eigenvalue weighted by Crippen LogP contribution is 2.31. The van der Waals surface area contributed by atoms with Gasteiger partial charge in [0.05, 0.1) is 30.6 Å². The van der Waals surface area contributed by atoms with E-state index in [-0.39, 0.29) is 36.5 Å². The van der Waals surface area contributed by atoms with Crippen molar-refractivity contribution in [3.63, 3.8) is 0 Å². The van der Waals surface area contributed by atoms with E-state index < -0.39 is 22.2 Å². The number of esters is 1. The monoisotopic (exact) mass is 355 g/mol. The molecular formula is C17H25NO5S. The highest BCUT2D eigenvalue weighted by molar-refractivity contribution is 7.89. The van der Waals surface area contributed by atoms with Crippen molar-refractivity contribution in [2.75, 3.05) is 13.2 Å². The van der Waals surface area contributed by atoms with Gasteiger partial charge in [-0.3, -0.25) is 4.79 Å². The maximum absolute atomic E-state index is 13.1. The van der Waals surface area contributed by atoms with Gasteiger partial charge in [-0.05, 0) is 31.9 Å². The van der Waals surface area contributed by atoms with Crippen molar-refractivity contribution >= 4 is 16.0 Å². The summed E-state index contributed by atoms with van der Waals surface area (Å²) in [6, 6.07) is 6.38. The maximum atomic E-state index is 13.1. The van der Waals surface area contributed by atoms with Crippen LogP contribution in [0.1, 0.15) is 32.8 Å². The van der Waals surface area contributed by atoms with Crippen LogP contribution in [-0.4, -0.2) is 44.2 Å². The summed E-state index contributed by atoms with van der Waals surface area (Å²) in [5.41, 5.74) is 0.982. The molecule has 7 heteroatoms. The Hall–Kier alpha value is -1.44. The number of sulfonamides is 1. The Balaban J connectivity index is 2.34. The van der Waals surface area contributed by atoms with E-state index >= 15 is 0 Å². The minimum Gasteiger partial charge on any atom is -0.466 e. The number of hydrogen-bond donors (Lipinski definition) is 0. The summed E-state index contributed by atoms with van der Waals surface area (Å²) >= 11 is 0. The van der Waals surface area contributed by atoms with Crippen molar-refractivity contribution in [3.8, 4) is 0 Å². The highest BCUT2D eigenvalue weighted by atomic mass is 32.2. The van der Waals surface area contributed by atoms with Gasteiger partial charge in [0.25, 0.3) is 0 Å². The van der Waals surface area contributed by atoms with Gasteiger partial charge >= 0.3 is 5.97 Å². The lowest BCUT2D eigenvalue weighted by atomic mass is 10.1. The summed E-state index contributed by atoms with van der Waals surface area (Å²) in [5.74, 6) is -0.395. The van der Waals surface area contributed by atoms with Crippen LogP contribution in [0.5, 0.6) is 0 Å². The number of ether oxygens (including phenoxy) is 2. The Labute approximate surface area is 143 Å². The molecule has 0 amide bonds. The van der Waals surface area contributed by atoms with E-state index in [1.165, 1.54) is 4.31 Å². The second kappa shape index (κ2) is 7.63. The first-order valence-corrected chi connectivity index (χ1v) is 9.58. The van der Waals surface area contributed by atoms with Gasteiger partial charge in [-0.15, -0.1) is 0 Å². The van der Waals surface area contributed by atoms with Crippen LogP contribution in [0.4, 0.5) is 0 Å². The van der Waals surface area contributed by atoms with Gasteiger partial charge in [0.2, 0.25) is 10.0 Å². The Morgan fingerprint density at radius 3 is 2.50 bits per heavy atom. The van der Waals surface area contributed by atoms with Gasteiger partial charge in [-0.1, -0.05) is 31.5 Å². The molecule has 0 radical (unpaired) electrons.